The zero-order valence-electron chi connectivity index (χ0n) is 17.0. The number of benzene rings is 2. The second-order valence-electron chi connectivity index (χ2n) is 7.29. The highest BCUT2D eigenvalue weighted by atomic mass is 32.2. The lowest BCUT2D eigenvalue weighted by Gasteiger charge is -2.32. The van der Waals surface area contributed by atoms with Gasteiger partial charge in [0.1, 0.15) is 11.8 Å². The van der Waals surface area contributed by atoms with Gasteiger partial charge in [-0.2, -0.15) is 4.31 Å². The van der Waals surface area contributed by atoms with Crippen LogP contribution in [0, 0.1) is 5.92 Å². The van der Waals surface area contributed by atoms with Crippen LogP contribution in [0.2, 0.25) is 0 Å². The molecule has 1 unspecified atom stereocenters. The molecule has 0 saturated carbocycles. The number of hydrogen-bond donors (Lipinski definition) is 3. The third-order valence-electron chi connectivity index (χ3n) is 4.94. The summed E-state index contributed by atoms with van der Waals surface area (Å²) in [6.07, 6.45) is 1.80. The van der Waals surface area contributed by atoms with Crippen molar-refractivity contribution in [2.75, 3.05) is 7.11 Å². The number of H-pyrrole nitrogens is 1. The Morgan fingerprint density at radius 1 is 1.17 bits per heavy atom. The van der Waals surface area contributed by atoms with Gasteiger partial charge in [-0.3, -0.25) is 10.0 Å². The molecule has 0 aliphatic heterocycles. The highest BCUT2D eigenvalue weighted by Gasteiger charge is 2.38. The molecule has 3 aromatic rings. The molecule has 3 N–H and O–H groups in total. The Hall–Kier alpha value is -2.88. The van der Waals surface area contributed by atoms with E-state index in [4.69, 9.17) is 4.74 Å². The van der Waals surface area contributed by atoms with Crippen molar-refractivity contribution in [3.63, 3.8) is 0 Å². The molecule has 0 aliphatic rings. The molecular formula is C21H25N3O5S. The molecule has 1 atom stereocenters. The number of aromatic nitrogens is 1. The Morgan fingerprint density at radius 3 is 2.47 bits per heavy atom. The van der Waals surface area contributed by atoms with Crippen LogP contribution in [0.3, 0.4) is 0 Å². The largest absolute Gasteiger partial charge is 0.497 e. The van der Waals surface area contributed by atoms with Gasteiger partial charge in [-0.1, -0.05) is 19.9 Å². The van der Waals surface area contributed by atoms with Crippen LogP contribution in [0.4, 0.5) is 0 Å². The highest BCUT2D eigenvalue weighted by Crippen LogP contribution is 2.27. The zero-order chi connectivity index (χ0) is 21.9. The Bertz CT molecular complexity index is 1120. The molecule has 30 heavy (non-hydrogen) atoms. The second kappa shape index (κ2) is 8.86. The van der Waals surface area contributed by atoms with Gasteiger partial charge in [0.2, 0.25) is 10.0 Å². The number of rotatable bonds is 8. The first-order valence-electron chi connectivity index (χ1n) is 9.43. The van der Waals surface area contributed by atoms with Gasteiger partial charge >= 0.3 is 0 Å². The van der Waals surface area contributed by atoms with Gasteiger partial charge in [0, 0.05) is 18.3 Å². The van der Waals surface area contributed by atoms with Crippen LogP contribution < -0.4 is 10.2 Å². The van der Waals surface area contributed by atoms with Crippen molar-refractivity contribution in [1.82, 2.24) is 14.8 Å². The van der Waals surface area contributed by atoms with Crippen LogP contribution in [0.25, 0.3) is 10.9 Å². The number of carbonyl (C=O) groups is 1. The third kappa shape index (κ3) is 4.33. The van der Waals surface area contributed by atoms with E-state index in [2.05, 4.69) is 4.98 Å². The number of methoxy groups -OCH3 is 1. The fourth-order valence-electron chi connectivity index (χ4n) is 3.43. The van der Waals surface area contributed by atoms with Gasteiger partial charge in [-0.15, -0.1) is 0 Å². The molecule has 2 aromatic carbocycles. The van der Waals surface area contributed by atoms with Crippen LogP contribution in [0.1, 0.15) is 19.4 Å². The van der Waals surface area contributed by atoms with E-state index in [9.17, 15) is 18.4 Å². The molecule has 0 spiro atoms. The topological polar surface area (TPSA) is 112 Å². The number of hydrogen-bond acceptors (Lipinski definition) is 5. The average Bonchev–Trinajstić information content (AvgIpc) is 3.20. The number of sulfonamides is 1. The van der Waals surface area contributed by atoms with E-state index in [0.717, 1.165) is 20.8 Å². The average molecular weight is 432 g/mol. The van der Waals surface area contributed by atoms with Crippen molar-refractivity contribution >= 4 is 26.8 Å². The molecule has 3 rings (SSSR count). The SMILES string of the molecule is COc1ccc(S(=O)(=O)N(Cc2ccc3[nH]ccc3c2)C(C(=O)NO)C(C)C)cc1. The molecule has 0 bridgehead atoms. The Kier molecular flexibility index (Phi) is 6.45. The standard InChI is InChI=1S/C21H25N3O5S/c1-14(2)20(21(25)23-26)24(13-15-4-9-19-16(12-15)10-11-22-19)30(27,28)18-7-5-17(29-3)6-8-18/h4-12,14,20,22,26H,13H2,1-3H3,(H,23,25). The van der Waals surface area contributed by atoms with Crippen molar-refractivity contribution < 1.29 is 23.2 Å². The minimum atomic E-state index is -4.07. The molecule has 0 aliphatic carbocycles. The minimum absolute atomic E-state index is 0.0300. The summed E-state index contributed by atoms with van der Waals surface area (Å²) in [5, 5.41) is 10.2. The number of fused-ring (bicyclic) bond motifs is 1. The lowest BCUT2D eigenvalue weighted by Crippen LogP contribution is -2.51. The van der Waals surface area contributed by atoms with Crippen LogP contribution in [-0.2, 0) is 21.4 Å². The van der Waals surface area contributed by atoms with E-state index < -0.39 is 22.0 Å². The molecule has 0 radical (unpaired) electrons. The van der Waals surface area contributed by atoms with Crippen molar-refractivity contribution in [1.29, 1.82) is 0 Å². The predicted octanol–water partition coefficient (Wildman–Crippen LogP) is 2.90. The number of aromatic amines is 1. The number of nitrogens with one attached hydrogen (secondary N) is 2. The molecule has 0 fully saturated rings. The Morgan fingerprint density at radius 2 is 1.87 bits per heavy atom. The zero-order valence-corrected chi connectivity index (χ0v) is 17.8. The molecule has 1 aromatic heterocycles. The smallest absolute Gasteiger partial charge is 0.262 e. The molecule has 1 amide bonds. The summed E-state index contributed by atoms with van der Waals surface area (Å²) in [7, 11) is -2.57. The van der Waals surface area contributed by atoms with Crippen LogP contribution in [0.5, 0.6) is 5.75 Å². The molecule has 160 valence electrons. The van der Waals surface area contributed by atoms with Crippen LogP contribution in [0.15, 0.2) is 59.6 Å². The van der Waals surface area contributed by atoms with E-state index in [1.54, 1.807) is 37.7 Å². The Labute approximate surface area is 175 Å². The quantitative estimate of drug-likeness (QED) is 0.375. The van der Waals surface area contributed by atoms with Crippen molar-refractivity contribution in [2.45, 2.75) is 31.3 Å². The summed E-state index contributed by atoms with van der Waals surface area (Å²) >= 11 is 0. The molecule has 0 saturated heterocycles. The van der Waals surface area contributed by atoms with Gasteiger partial charge in [0.25, 0.3) is 5.91 Å². The number of carbonyl (C=O) groups excluding carboxylic acids is 1. The summed E-state index contributed by atoms with van der Waals surface area (Å²) in [6, 6.07) is 12.3. The monoisotopic (exact) mass is 431 g/mol. The van der Waals surface area contributed by atoms with Crippen LogP contribution in [-0.4, -0.2) is 42.0 Å². The van der Waals surface area contributed by atoms with E-state index in [-0.39, 0.29) is 17.4 Å². The maximum absolute atomic E-state index is 13.5. The molecule has 8 nitrogen and oxygen atoms in total. The normalized spacial score (nSPS) is 13.0. The fraction of sp³-hybridized carbons (Fsp3) is 0.286. The lowest BCUT2D eigenvalue weighted by molar-refractivity contribution is -0.134. The third-order valence-corrected chi connectivity index (χ3v) is 6.78. The van der Waals surface area contributed by atoms with E-state index >= 15 is 0 Å². The van der Waals surface area contributed by atoms with Gasteiger partial charge in [-0.25, -0.2) is 13.9 Å². The first kappa shape index (κ1) is 21.8. The summed E-state index contributed by atoms with van der Waals surface area (Å²) in [6.45, 7) is 3.42. The van der Waals surface area contributed by atoms with Crippen molar-refractivity contribution in [2.24, 2.45) is 5.92 Å². The van der Waals surface area contributed by atoms with E-state index in [1.807, 2.05) is 24.3 Å². The number of nitrogens with zero attached hydrogens (tertiary/aromatic N) is 1. The summed E-state index contributed by atoms with van der Waals surface area (Å²) in [5.41, 5.74) is 3.26. The molecule has 9 heteroatoms. The summed E-state index contributed by atoms with van der Waals surface area (Å²) in [4.78, 5) is 15.6. The minimum Gasteiger partial charge on any atom is -0.497 e. The number of ether oxygens (including phenoxy) is 1. The Balaban J connectivity index is 2.08. The van der Waals surface area contributed by atoms with Gasteiger partial charge in [0.05, 0.1) is 12.0 Å². The van der Waals surface area contributed by atoms with Crippen molar-refractivity contribution in [3.05, 3.63) is 60.3 Å². The summed E-state index contributed by atoms with van der Waals surface area (Å²) < 4.78 is 33.3. The van der Waals surface area contributed by atoms with Crippen molar-refractivity contribution in [3.8, 4) is 5.75 Å². The first-order valence-corrected chi connectivity index (χ1v) is 10.9. The van der Waals surface area contributed by atoms with Crippen LogP contribution >= 0.6 is 0 Å². The molecular weight excluding hydrogens is 406 g/mol. The fourth-order valence-corrected chi connectivity index (χ4v) is 5.14. The lowest BCUT2D eigenvalue weighted by atomic mass is 10.0. The number of hydroxylamine groups is 1. The van der Waals surface area contributed by atoms with Gasteiger partial charge < -0.3 is 9.72 Å². The highest BCUT2D eigenvalue weighted by molar-refractivity contribution is 7.89. The number of amides is 1. The maximum Gasteiger partial charge on any atom is 0.262 e. The van der Waals surface area contributed by atoms with E-state index in [0.29, 0.717) is 5.75 Å². The first-order chi connectivity index (χ1) is 14.3. The van der Waals surface area contributed by atoms with Gasteiger partial charge in [0.15, 0.2) is 0 Å². The summed E-state index contributed by atoms with van der Waals surface area (Å²) in [5.74, 6) is -0.655. The predicted molar refractivity (Wildman–Crippen MR) is 113 cm³/mol. The van der Waals surface area contributed by atoms with Gasteiger partial charge in [-0.05, 0) is 59.3 Å². The second-order valence-corrected chi connectivity index (χ2v) is 9.18. The maximum atomic E-state index is 13.5. The molecule has 1 heterocycles. The van der Waals surface area contributed by atoms with E-state index in [1.165, 1.54) is 19.2 Å².